The summed E-state index contributed by atoms with van der Waals surface area (Å²) in [6, 6.07) is 31.3. The van der Waals surface area contributed by atoms with Gasteiger partial charge in [0.1, 0.15) is 17.6 Å². The summed E-state index contributed by atoms with van der Waals surface area (Å²) < 4.78 is 12.3. The Morgan fingerprint density at radius 2 is 1.71 bits per heavy atom. The molecule has 1 heterocycles. The van der Waals surface area contributed by atoms with Gasteiger partial charge in [0.15, 0.2) is 0 Å². The molecule has 3 nitrogen and oxygen atoms in total. The highest BCUT2D eigenvalue weighted by Gasteiger charge is 2.31. The lowest BCUT2D eigenvalue weighted by molar-refractivity contribution is 0.242. The van der Waals surface area contributed by atoms with Crippen LogP contribution in [0.2, 0.25) is 5.02 Å². The van der Waals surface area contributed by atoms with Gasteiger partial charge in [-0.15, -0.1) is 0 Å². The molecule has 6 rings (SSSR count). The van der Waals surface area contributed by atoms with E-state index in [0.717, 1.165) is 46.2 Å². The predicted molar refractivity (Wildman–Crippen MR) is 139 cm³/mol. The third-order valence-corrected chi connectivity index (χ3v) is 6.94. The van der Waals surface area contributed by atoms with Crippen LogP contribution in [0, 0.1) is 5.92 Å². The van der Waals surface area contributed by atoms with Crippen LogP contribution in [0.1, 0.15) is 30.1 Å². The first-order valence-corrected chi connectivity index (χ1v) is 12.1. The molecule has 1 saturated carbocycles. The Hall–Kier alpha value is -3.43. The third kappa shape index (κ3) is 3.91. The van der Waals surface area contributed by atoms with E-state index in [9.17, 15) is 0 Å². The summed E-state index contributed by atoms with van der Waals surface area (Å²) in [5, 5.41) is 0.704. The first kappa shape index (κ1) is 21.1. The van der Waals surface area contributed by atoms with Crippen molar-refractivity contribution >= 4 is 23.0 Å². The molecule has 170 valence electrons. The van der Waals surface area contributed by atoms with Crippen LogP contribution in [0.15, 0.2) is 91.0 Å². The van der Waals surface area contributed by atoms with Crippen LogP contribution >= 0.6 is 11.6 Å². The number of benzene rings is 4. The van der Waals surface area contributed by atoms with Crippen molar-refractivity contribution in [2.75, 3.05) is 18.6 Å². The number of halogens is 1. The molecule has 34 heavy (non-hydrogen) atoms. The number of ether oxygens (including phenoxy) is 2. The van der Waals surface area contributed by atoms with E-state index >= 15 is 0 Å². The zero-order chi connectivity index (χ0) is 23.1. The number of rotatable bonds is 6. The molecule has 1 atom stereocenters. The fourth-order valence-corrected chi connectivity index (χ4v) is 5.04. The summed E-state index contributed by atoms with van der Waals surface area (Å²) >= 11 is 6.38. The number of methoxy groups -OCH3 is 1. The lowest BCUT2D eigenvalue weighted by atomic mass is 9.88. The van der Waals surface area contributed by atoms with Crippen LogP contribution in [0.3, 0.4) is 0 Å². The lowest BCUT2D eigenvalue weighted by Gasteiger charge is -2.32. The van der Waals surface area contributed by atoms with Crippen LogP contribution in [0.25, 0.3) is 11.1 Å². The van der Waals surface area contributed by atoms with Crippen molar-refractivity contribution in [3.8, 4) is 22.6 Å². The van der Waals surface area contributed by atoms with E-state index in [4.69, 9.17) is 21.1 Å². The second-order valence-corrected chi connectivity index (χ2v) is 9.48. The molecule has 4 heteroatoms. The lowest BCUT2D eigenvalue weighted by Crippen LogP contribution is -2.21. The molecule has 0 aromatic heterocycles. The Morgan fingerprint density at radius 1 is 0.882 bits per heavy atom. The van der Waals surface area contributed by atoms with Crippen LogP contribution in [0.4, 0.5) is 11.4 Å². The summed E-state index contributed by atoms with van der Waals surface area (Å²) in [6.07, 6.45) is 2.34. The zero-order valence-corrected chi connectivity index (χ0v) is 19.8. The summed E-state index contributed by atoms with van der Waals surface area (Å²) in [4.78, 5) is 2.44. The van der Waals surface area contributed by atoms with Crippen molar-refractivity contribution in [2.24, 2.45) is 5.92 Å². The van der Waals surface area contributed by atoms with Crippen LogP contribution < -0.4 is 14.4 Å². The Bertz CT molecular complexity index is 1330. The second kappa shape index (κ2) is 8.73. The quantitative estimate of drug-likeness (QED) is 0.286. The van der Waals surface area contributed by atoms with Gasteiger partial charge in [0.25, 0.3) is 0 Å². The van der Waals surface area contributed by atoms with Gasteiger partial charge in [-0.2, -0.15) is 0 Å². The van der Waals surface area contributed by atoms with Crippen molar-refractivity contribution in [3.05, 3.63) is 107 Å². The van der Waals surface area contributed by atoms with Gasteiger partial charge in [0.2, 0.25) is 0 Å². The highest BCUT2D eigenvalue weighted by atomic mass is 35.5. The van der Waals surface area contributed by atoms with Crippen LogP contribution in [-0.4, -0.2) is 13.7 Å². The van der Waals surface area contributed by atoms with Crippen molar-refractivity contribution in [3.63, 3.8) is 0 Å². The Morgan fingerprint density at radius 3 is 2.47 bits per heavy atom. The van der Waals surface area contributed by atoms with E-state index in [-0.39, 0.29) is 6.10 Å². The van der Waals surface area contributed by atoms with Gasteiger partial charge in [0, 0.05) is 28.5 Å². The summed E-state index contributed by atoms with van der Waals surface area (Å²) in [5.74, 6) is 2.38. The van der Waals surface area contributed by atoms with Crippen molar-refractivity contribution < 1.29 is 9.47 Å². The van der Waals surface area contributed by atoms with E-state index in [0.29, 0.717) is 5.02 Å². The fraction of sp³-hybridized carbons (Fsp3) is 0.200. The van der Waals surface area contributed by atoms with Gasteiger partial charge in [0.05, 0.1) is 12.7 Å². The van der Waals surface area contributed by atoms with Crippen molar-refractivity contribution in [2.45, 2.75) is 18.9 Å². The summed E-state index contributed by atoms with van der Waals surface area (Å²) in [7, 11) is 1.71. The Balaban J connectivity index is 1.52. The molecule has 1 unspecified atom stereocenters. The fourth-order valence-electron chi connectivity index (χ4n) is 4.84. The van der Waals surface area contributed by atoms with Gasteiger partial charge in [-0.3, -0.25) is 0 Å². The van der Waals surface area contributed by atoms with Crippen LogP contribution in [-0.2, 0) is 0 Å². The van der Waals surface area contributed by atoms with Gasteiger partial charge in [-0.05, 0) is 78.4 Å². The highest BCUT2D eigenvalue weighted by molar-refractivity contribution is 6.30. The average molecular weight is 468 g/mol. The summed E-state index contributed by atoms with van der Waals surface area (Å²) in [6.45, 7) is 1.02. The van der Waals surface area contributed by atoms with E-state index < -0.39 is 0 Å². The molecular formula is C30H26ClNO2. The monoisotopic (exact) mass is 467 g/mol. The molecule has 1 aliphatic heterocycles. The third-order valence-electron chi connectivity index (χ3n) is 6.71. The smallest absolute Gasteiger partial charge is 0.150 e. The molecule has 0 amide bonds. The summed E-state index contributed by atoms with van der Waals surface area (Å²) in [5.41, 5.74) is 6.67. The number of hydrogen-bond donors (Lipinski definition) is 0. The van der Waals surface area contributed by atoms with Gasteiger partial charge in [-0.25, -0.2) is 0 Å². The molecule has 0 bridgehead atoms. The maximum Gasteiger partial charge on any atom is 0.150 e. The molecule has 0 saturated heterocycles. The minimum Gasteiger partial charge on any atom is -0.496 e. The largest absolute Gasteiger partial charge is 0.496 e. The first-order valence-electron chi connectivity index (χ1n) is 11.8. The zero-order valence-electron chi connectivity index (χ0n) is 19.1. The molecule has 0 N–H and O–H groups in total. The van der Waals surface area contributed by atoms with Crippen LogP contribution in [0.5, 0.6) is 11.5 Å². The molecule has 0 spiro atoms. The molecule has 2 aliphatic rings. The topological polar surface area (TPSA) is 21.7 Å². The minimum atomic E-state index is -0.258. The number of para-hydroxylation sites is 1. The second-order valence-electron chi connectivity index (χ2n) is 9.05. The maximum atomic E-state index is 6.62. The minimum absolute atomic E-state index is 0.258. The van der Waals surface area contributed by atoms with Crippen molar-refractivity contribution in [1.29, 1.82) is 0 Å². The van der Waals surface area contributed by atoms with E-state index in [1.807, 2.05) is 36.4 Å². The molecular weight excluding hydrogens is 442 g/mol. The van der Waals surface area contributed by atoms with E-state index in [1.165, 1.54) is 24.2 Å². The normalized spacial score (nSPS) is 16.2. The average Bonchev–Trinajstić information content (AvgIpc) is 3.71. The maximum absolute atomic E-state index is 6.62. The van der Waals surface area contributed by atoms with Crippen molar-refractivity contribution in [1.82, 2.24) is 0 Å². The number of fused-ring (bicyclic) bond motifs is 3. The SMILES string of the molecule is COc1cccc2c1-c1ccc(N(CC3CC3)c3ccccc3)cc1C(c1cccc(Cl)c1)O2. The predicted octanol–water partition coefficient (Wildman–Crippen LogP) is 8.05. The molecule has 4 aromatic carbocycles. The molecule has 4 aromatic rings. The number of anilines is 2. The standard InChI is InChI=1S/C30H26ClNO2/c1-33-27-11-6-12-28-29(27)25-16-15-24(32(19-20-13-14-20)23-9-3-2-4-10-23)18-26(25)30(34-28)21-7-5-8-22(31)17-21/h2-12,15-18,20,30H,13-14,19H2,1H3. The van der Waals surface area contributed by atoms with E-state index in [2.05, 4.69) is 59.5 Å². The van der Waals surface area contributed by atoms with Gasteiger partial charge < -0.3 is 14.4 Å². The van der Waals surface area contributed by atoms with Gasteiger partial charge in [-0.1, -0.05) is 54.1 Å². The number of hydrogen-bond acceptors (Lipinski definition) is 3. The molecule has 1 aliphatic carbocycles. The molecule has 0 radical (unpaired) electrons. The van der Waals surface area contributed by atoms with E-state index in [1.54, 1.807) is 7.11 Å². The highest BCUT2D eigenvalue weighted by Crippen LogP contribution is 2.50. The van der Waals surface area contributed by atoms with Gasteiger partial charge >= 0.3 is 0 Å². The Kier molecular flexibility index (Phi) is 5.43. The molecule has 1 fully saturated rings. The first-order chi connectivity index (χ1) is 16.7. The Labute approximate surface area is 205 Å². The number of nitrogens with zero attached hydrogens (tertiary/aromatic N) is 1.